The average molecular weight is 302 g/mol. The van der Waals surface area contributed by atoms with E-state index in [1.165, 1.54) is 12.8 Å². The van der Waals surface area contributed by atoms with Gasteiger partial charge in [0, 0.05) is 6.42 Å². The van der Waals surface area contributed by atoms with Gasteiger partial charge in [0.1, 0.15) is 12.6 Å². The Hall–Kier alpha value is -0.610. The monoisotopic (exact) mass is 302 g/mol. The van der Waals surface area contributed by atoms with Crippen LogP contribution in [0.5, 0.6) is 0 Å². The molecule has 2 atom stereocenters. The summed E-state index contributed by atoms with van der Waals surface area (Å²) in [4.78, 5) is 11.6. The zero-order valence-corrected chi connectivity index (χ0v) is 14.5. The molecule has 0 aliphatic carbocycles. The van der Waals surface area contributed by atoms with Crippen molar-refractivity contribution < 1.29 is 19.5 Å². The second-order valence-corrected chi connectivity index (χ2v) is 6.18. The molecule has 4 heteroatoms. The van der Waals surface area contributed by atoms with Gasteiger partial charge in [-0.05, 0) is 26.7 Å². The molecule has 0 aromatic heterocycles. The van der Waals surface area contributed by atoms with Crippen LogP contribution in [-0.4, -0.2) is 52.4 Å². The molecule has 126 valence electrons. The van der Waals surface area contributed by atoms with Gasteiger partial charge >= 0.3 is 5.97 Å². The number of carbonyl (C=O) groups is 1. The number of nitrogens with zero attached hydrogens (tertiary/aromatic N) is 1. The summed E-state index contributed by atoms with van der Waals surface area (Å²) in [7, 11) is 0. The van der Waals surface area contributed by atoms with Crippen molar-refractivity contribution >= 4 is 5.97 Å². The highest BCUT2D eigenvalue weighted by atomic mass is 16.4. The molecular formula is C17H36NO3+. The molecule has 0 aromatic carbocycles. The first-order valence-corrected chi connectivity index (χ1v) is 8.73. The molecule has 0 saturated carbocycles. The van der Waals surface area contributed by atoms with Crippen LogP contribution in [0.25, 0.3) is 0 Å². The summed E-state index contributed by atoms with van der Waals surface area (Å²) < 4.78 is 0.498. The number of rotatable bonds is 13. The fourth-order valence-electron chi connectivity index (χ4n) is 3.27. The van der Waals surface area contributed by atoms with E-state index in [0.29, 0.717) is 17.4 Å². The third kappa shape index (κ3) is 6.79. The van der Waals surface area contributed by atoms with E-state index >= 15 is 0 Å². The number of hydrogen-bond acceptors (Lipinski definition) is 2. The molecule has 0 aliphatic rings. The van der Waals surface area contributed by atoms with Crippen LogP contribution >= 0.6 is 0 Å². The Bertz CT molecular complexity index is 277. The smallest absolute Gasteiger partial charge is 0.362 e. The van der Waals surface area contributed by atoms with Crippen LogP contribution < -0.4 is 0 Å². The first-order valence-electron chi connectivity index (χ1n) is 8.73. The minimum absolute atomic E-state index is 0.388. The van der Waals surface area contributed by atoms with Gasteiger partial charge in [0.15, 0.2) is 6.04 Å². The third-order valence-corrected chi connectivity index (χ3v) is 4.73. The highest BCUT2D eigenvalue weighted by Gasteiger charge is 2.40. The van der Waals surface area contributed by atoms with Crippen molar-refractivity contribution in [3.05, 3.63) is 0 Å². The van der Waals surface area contributed by atoms with Gasteiger partial charge in [-0.15, -0.1) is 0 Å². The van der Waals surface area contributed by atoms with E-state index in [2.05, 4.69) is 6.92 Å². The van der Waals surface area contributed by atoms with Crippen molar-refractivity contribution in [2.45, 2.75) is 84.8 Å². The van der Waals surface area contributed by atoms with Crippen molar-refractivity contribution in [2.75, 3.05) is 19.6 Å². The van der Waals surface area contributed by atoms with Crippen molar-refractivity contribution in [3.63, 3.8) is 0 Å². The van der Waals surface area contributed by atoms with Crippen LogP contribution in [0, 0.1) is 0 Å². The lowest BCUT2D eigenvalue weighted by Gasteiger charge is -2.43. The van der Waals surface area contributed by atoms with Crippen molar-refractivity contribution in [1.29, 1.82) is 0 Å². The molecule has 0 bridgehead atoms. The molecule has 0 spiro atoms. The van der Waals surface area contributed by atoms with Gasteiger partial charge in [0.2, 0.25) is 0 Å². The predicted molar refractivity (Wildman–Crippen MR) is 87.3 cm³/mol. The standard InChI is InChI=1S/C17H35NO3/c1-5-9-10-11-13-15(19)14-18(7-3,8-4)16(12-6-2)17(20)21/h15-16,19H,5-14H2,1-4H3/p+1. The maximum atomic E-state index is 11.6. The van der Waals surface area contributed by atoms with E-state index in [1.54, 1.807) is 0 Å². The summed E-state index contributed by atoms with van der Waals surface area (Å²) in [5.74, 6) is -0.723. The van der Waals surface area contributed by atoms with Crippen LogP contribution in [0.1, 0.15) is 72.6 Å². The molecule has 2 unspecified atom stereocenters. The Morgan fingerprint density at radius 2 is 1.57 bits per heavy atom. The summed E-state index contributed by atoms with van der Waals surface area (Å²) in [5, 5.41) is 19.9. The summed E-state index contributed by atoms with van der Waals surface area (Å²) >= 11 is 0. The first-order chi connectivity index (χ1) is 9.97. The normalized spacial score (nSPS) is 14.9. The van der Waals surface area contributed by atoms with Gasteiger partial charge in [-0.1, -0.05) is 39.5 Å². The number of aliphatic carboxylic acids is 1. The molecule has 0 heterocycles. The Morgan fingerprint density at radius 1 is 0.952 bits per heavy atom. The zero-order valence-electron chi connectivity index (χ0n) is 14.5. The minimum Gasteiger partial charge on any atom is -0.477 e. The van der Waals surface area contributed by atoms with Gasteiger partial charge in [0.25, 0.3) is 0 Å². The summed E-state index contributed by atoms with van der Waals surface area (Å²) in [6, 6.07) is -0.393. The van der Waals surface area contributed by atoms with E-state index in [4.69, 9.17) is 0 Å². The SMILES string of the molecule is CCCCCCC(O)C[N+](CC)(CC)C(CCC)C(=O)O. The zero-order chi connectivity index (χ0) is 16.3. The number of hydrogen-bond donors (Lipinski definition) is 2. The maximum absolute atomic E-state index is 11.6. The Kier molecular flexibility index (Phi) is 10.7. The molecule has 0 rings (SSSR count). The molecule has 4 nitrogen and oxygen atoms in total. The number of aliphatic hydroxyl groups excluding tert-OH is 1. The number of carboxylic acid groups (broad SMARTS) is 1. The van der Waals surface area contributed by atoms with Crippen LogP contribution in [-0.2, 0) is 4.79 Å². The van der Waals surface area contributed by atoms with Gasteiger partial charge in [0.05, 0.1) is 13.1 Å². The highest BCUT2D eigenvalue weighted by Crippen LogP contribution is 2.21. The molecule has 0 saturated heterocycles. The van der Waals surface area contributed by atoms with Crippen molar-refractivity contribution in [2.24, 2.45) is 0 Å². The van der Waals surface area contributed by atoms with Crippen LogP contribution in [0.4, 0.5) is 0 Å². The molecule has 2 N–H and O–H groups in total. The van der Waals surface area contributed by atoms with Gasteiger partial charge in [-0.2, -0.15) is 0 Å². The van der Waals surface area contributed by atoms with Crippen molar-refractivity contribution in [3.8, 4) is 0 Å². The van der Waals surface area contributed by atoms with E-state index in [0.717, 1.165) is 38.8 Å². The summed E-state index contributed by atoms with van der Waals surface area (Å²) in [5.41, 5.74) is 0. The third-order valence-electron chi connectivity index (χ3n) is 4.73. The molecule has 0 amide bonds. The molecule has 0 aromatic rings. The number of unbranched alkanes of at least 4 members (excludes halogenated alkanes) is 3. The lowest BCUT2D eigenvalue weighted by Crippen LogP contribution is -2.61. The van der Waals surface area contributed by atoms with E-state index in [9.17, 15) is 15.0 Å². The topological polar surface area (TPSA) is 57.5 Å². The number of likely N-dealkylation sites (N-methyl/N-ethyl adjacent to an activating group) is 1. The second-order valence-electron chi connectivity index (χ2n) is 6.18. The quantitative estimate of drug-likeness (QED) is 0.405. The Morgan fingerprint density at radius 3 is 2.00 bits per heavy atom. The summed E-state index contributed by atoms with van der Waals surface area (Å²) in [6.07, 6.45) is 6.54. The maximum Gasteiger partial charge on any atom is 0.362 e. The Balaban J connectivity index is 4.72. The van der Waals surface area contributed by atoms with Crippen molar-refractivity contribution in [1.82, 2.24) is 0 Å². The Labute approximate surface area is 130 Å². The average Bonchev–Trinajstić information content (AvgIpc) is 2.47. The molecule has 0 radical (unpaired) electrons. The second kappa shape index (κ2) is 11.0. The minimum atomic E-state index is -0.723. The number of quaternary nitrogens is 1. The molecular weight excluding hydrogens is 266 g/mol. The van der Waals surface area contributed by atoms with Gasteiger partial charge in [-0.25, -0.2) is 4.79 Å². The van der Waals surface area contributed by atoms with Gasteiger partial charge < -0.3 is 14.7 Å². The first kappa shape index (κ1) is 20.4. The van der Waals surface area contributed by atoms with E-state index in [1.807, 2.05) is 20.8 Å². The largest absolute Gasteiger partial charge is 0.477 e. The number of carboxylic acids is 1. The van der Waals surface area contributed by atoms with Gasteiger partial charge in [-0.3, -0.25) is 0 Å². The van der Waals surface area contributed by atoms with Crippen LogP contribution in [0.15, 0.2) is 0 Å². The highest BCUT2D eigenvalue weighted by molar-refractivity contribution is 5.72. The lowest BCUT2D eigenvalue weighted by atomic mass is 10.0. The van der Waals surface area contributed by atoms with E-state index < -0.39 is 12.0 Å². The molecule has 0 fully saturated rings. The van der Waals surface area contributed by atoms with Crippen LogP contribution in [0.3, 0.4) is 0 Å². The molecule has 0 aliphatic heterocycles. The predicted octanol–water partition coefficient (Wildman–Crippen LogP) is 3.43. The van der Waals surface area contributed by atoms with E-state index in [-0.39, 0.29) is 6.10 Å². The summed E-state index contributed by atoms with van der Waals surface area (Å²) in [6.45, 7) is 10.4. The fourth-order valence-corrected chi connectivity index (χ4v) is 3.27. The number of aliphatic hydroxyl groups is 1. The molecule has 21 heavy (non-hydrogen) atoms. The lowest BCUT2D eigenvalue weighted by molar-refractivity contribution is -0.943. The fraction of sp³-hybridized carbons (Fsp3) is 0.941. The van der Waals surface area contributed by atoms with Crippen LogP contribution in [0.2, 0.25) is 0 Å².